The van der Waals surface area contributed by atoms with E-state index in [4.69, 9.17) is 0 Å². The highest BCUT2D eigenvalue weighted by Crippen LogP contribution is 2.28. The Bertz CT molecular complexity index is 556. The van der Waals surface area contributed by atoms with Crippen LogP contribution in [0.3, 0.4) is 0 Å². The van der Waals surface area contributed by atoms with Crippen molar-refractivity contribution >= 4 is 11.6 Å². The molecule has 2 aliphatic carbocycles. The molecule has 1 aromatic carbocycles. The Labute approximate surface area is 83.6 Å². The largest absolute Gasteiger partial charge is 0.0651 e. The van der Waals surface area contributed by atoms with Gasteiger partial charge in [-0.1, -0.05) is 54.1 Å². The van der Waals surface area contributed by atoms with Crippen molar-refractivity contribution in [2.24, 2.45) is 5.92 Å². The molecule has 0 fully saturated rings. The average Bonchev–Trinajstić information content (AvgIpc) is 2.59. The van der Waals surface area contributed by atoms with Crippen LogP contribution in [0.25, 0.3) is 11.6 Å². The fraction of sp³-hybridized carbons (Fsp3) is 0.143. The monoisotopic (exact) mass is 180 g/mol. The van der Waals surface area contributed by atoms with Crippen LogP contribution >= 0.6 is 0 Å². The molecule has 0 saturated heterocycles. The van der Waals surface area contributed by atoms with E-state index >= 15 is 0 Å². The molecule has 0 bridgehead atoms. The van der Waals surface area contributed by atoms with Crippen LogP contribution in [0.15, 0.2) is 48.1 Å². The van der Waals surface area contributed by atoms with E-state index in [0.29, 0.717) is 5.92 Å². The van der Waals surface area contributed by atoms with Crippen LogP contribution in [0.5, 0.6) is 0 Å². The van der Waals surface area contributed by atoms with Crippen molar-refractivity contribution in [1.82, 2.24) is 0 Å². The van der Waals surface area contributed by atoms with Crippen LogP contribution in [0, 0.1) is 5.92 Å². The predicted molar refractivity (Wildman–Crippen MR) is 60.0 cm³/mol. The van der Waals surface area contributed by atoms with E-state index in [2.05, 4.69) is 55.5 Å². The van der Waals surface area contributed by atoms with Gasteiger partial charge < -0.3 is 0 Å². The maximum absolute atomic E-state index is 2.36. The van der Waals surface area contributed by atoms with Crippen LogP contribution < -0.4 is 10.4 Å². The molecule has 2 aliphatic rings. The Morgan fingerprint density at radius 1 is 1.14 bits per heavy atom. The van der Waals surface area contributed by atoms with Crippen LogP contribution in [-0.2, 0) is 0 Å². The van der Waals surface area contributed by atoms with E-state index in [-0.39, 0.29) is 0 Å². The molecule has 0 saturated carbocycles. The van der Waals surface area contributed by atoms with Crippen LogP contribution in [0.1, 0.15) is 6.92 Å². The van der Waals surface area contributed by atoms with Gasteiger partial charge in [0.1, 0.15) is 0 Å². The summed E-state index contributed by atoms with van der Waals surface area (Å²) in [6.45, 7) is 2.20. The minimum absolute atomic E-state index is 0.525. The Kier molecular flexibility index (Phi) is 1.51. The van der Waals surface area contributed by atoms with E-state index in [9.17, 15) is 0 Å². The number of rotatable bonds is 0. The van der Waals surface area contributed by atoms with Gasteiger partial charge in [-0.15, -0.1) is 0 Å². The maximum Gasteiger partial charge on any atom is 0.0243 e. The summed E-state index contributed by atoms with van der Waals surface area (Å²) in [6, 6.07) is 8.63. The SMILES string of the molecule is CC1=CC=CC2=c3ccccc3=CC12. The van der Waals surface area contributed by atoms with Gasteiger partial charge in [0.25, 0.3) is 0 Å². The fourth-order valence-corrected chi connectivity index (χ4v) is 2.32. The predicted octanol–water partition coefficient (Wildman–Crippen LogP) is 1.76. The van der Waals surface area contributed by atoms with E-state index < -0.39 is 0 Å². The van der Waals surface area contributed by atoms with Crippen LogP contribution in [-0.4, -0.2) is 0 Å². The summed E-state index contributed by atoms with van der Waals surface area (Å²) in [7, 11) is 0. The number of hydrogen-bond donors (Lipinski definition) is 0. The van der Waals surface area contributed by atoms with E-state index in [1.807, 2.05) is 0 Å². The molecule has 0 N–H and O–H groups in total. The van der Waals surface area contributed by atoms with Gasteiger partial charge in [0.05, 0.1) is 0 Å². The van der Waals surface area contributed by atoms with E-state index in [1.54, 1.807) is 0 Å². The second kappa shape index (κ2) is 2.71. The Morgan fingerprint density at radius 2 is 2.00 bits per heavy atom. The Hall–Kier alpha value is -1.56. The molecular formula is C14H12. The van der Waals surface area contributed by atoms with Crippen molar-refractivity contribution in [2.45, 2.75) is 6.92 Å². The second-order valence-corrected chi connectivity index (χ2v) is 3.96. The second-order valence-electron chi connectivity index (χ2n) is 3.96. The summed E-state index contributed by atoms with van der Waals surface area (Å²) in [5, 5.41) is 2.79. The maximum atomic E-state index is 2.36. The van der Waals surface area contributed by atoms with Gasteiger partial charge >= 0.3 is 0 Å². The molecule has 1 unspecified atom stereocenters. The first-order valence-corrected chi connectivity index (χ1v) is 5.02. The minimum Gasteiger partial charge on any atom is -0.0651 e. The molecule has 0 aliphatic heterocycles. The third-order valence-corrected chi connectivity index (χ3v) is 3.08. The Morgan fingerprint density at radius 3 is 2.93 bits per heavy atom. The zero-order chi connectivity index (χ0) is 9.54. The zero-order valence-corrected chi connectivity index (χ0v) is 8.20. The number of hydrogen-bond acceptors (Lipinski definition) is 0. The first-order valence-electron chi connectivity index (χ1n) is 5.02. The van der Waals surface area contributed by atoms with Gasteiger partial charge in [-0.05, 0) is 22.9 Å². The summed E-state index contributed by atoms with van der Waals surface area (Å²) >= 11 is 0. The minimum atomic E-state index is 0.525. The lowest BCUT2D eigenvalue weighted by molar-refractivity contribution is 1.05. The molecule has 0 amide bonds. The smallest absolute Gasteiger partial charge is 0.0243 e. The molecule has 1 aromatic rings. The highest BCUT2D eigenvalue weighted by molar-refractivity contribution is 5.75. The first-order chi connectivity index (χ1) is 6.86. The fourth-order valence-electron chi connectivity index (χ4n) is 2.32. The van der Waals surface area contributed by atoms with E-state index in [0.717, 1.165) is 0 Å². The van der Waals surface area contributed by atoms with Crippen molar-refractivity contribution < 1.29 is 0 Å². The third-order valence-electron chi connectivity index (χ3n) is 3.08. The van der Waals surface area contributed by atoms with Gasteiger partial charge in [0.15, 0.2) is 0 Å². The summed E-state index contributed by atoms with van der Waals surface area (Å²) in [4.78, 5) is 0. The summed E-state index contributed by atoms with van der Waals surface area (Å²) in [5.74, 6) is 0.525. The molecule has 1 atom stereocenters. The molecule has 0 aromatic heterocycles. The van der Waals surface area contributed by atoms with Crippen molar-refractivity contribution in [3.63, 3.8) is 0 Å². The van der Waals surface area contributed by atoms with E-state index in [1.165, 1.54) is 21.6 Å². The van der Waals surface area contributed by atoms with Gasteiger partial charge in [-0.3, -0.25) is 0 Å². The van der Waals surface area contributed by atoms with Crippen molar-refractivity contribution in [3.05, 3.63) is 58.5 Å². The number of benzene rings is 1. The quantitative estimate of drug-likeness (QED) is 0.570. The van der Waals surface area contributed by atoms with Gasteiger partial charge in [-0.25, -0.2) is 0 Å². The molecule has 0 heteroatoms. The lowest BCUT2D eigenvalue weighted by Crippen LogP contribution is -2.21. The summed E-state index contributed by atoms with van der Waals surface area (Å²) < 4.78 is 0. The third kappa shape index (κ3) is 0.941. The molecule has 0 nitrogen and oxygen atoms in total. The standard InChI is InChI=1S/C14H12/c1-10-5-4-8-13-12-7-3-2-6-11(12)9-14(10)13/h2-9,14H,1H3. The molecule has 0 radical (unpaired) electrons. The zero-order valence-electron chi connectivity index (χ0n) is 8.20. The highest BCUT2D eigenvalue weighted by Gasteiger charge is 2.18. The Balaban J connectivity index is 2.40. The lowest BCUT2D eigenvalue weighted by atomic mass is 9.90. The van der Waals surface area contributed by atoms with Crippen LogP contribution in [0.2, 0.25) is 0 Å². The molecule has 68 valence electrons. The van der Waals surface area contributed by atoms with Crippen LogP contribution in [0.4, 0.5) is 0 Å². The molecule has 14 heavy (non-hydrogen) atoms. The molecular weight excluding hydrogens is 168 g/mol. The number of allylic oxidation sites excluding steroid dienone is 4. The summed E-state index contributed by atoms with van der Waals surface area (Å²) in [5.41, 5.74) is 2.90. The van der Waals surface area contributed by atoms with Crippen molar-refractivity contribution in [1.29, 1.82) is 0 Å². The lowest BCUT2D eigenvalue weighted by Gasteiger charge is -2.14. The van der Waals surface area contributed by atoms with Gasteiger partial charge in [0.2, 0.25) is 0 Å². The highest BCUT2D eigenvalue weighted by atomic mass is 14.2. The summed E-state index contributed by atoms with van der Waals surface area (Å²) in [6.07, 6.45) is 8.95. The normalized spacial score (nSPS) is 22.5. The van der Waals surface area contributed by atoms with Gasteiger partial charge in [0, 0.05) is 5.92 Å². The average molecular weight is 180 g/mol. The van der Waals surface area contributed by atoms with Gasteiger partial charge in [-0.2, -0.15) is 0 Å². The van der Waals surface area contributed by atoms with Crippen molar-refractivity contribution in [3.8, 4) is 0 Å². The number of fused-ring (bicyclic) bond motifs is 2. The molecule has 0 heterocycles. The first kappa shape index (κ1) is 7.81. The topological polar surface area (TPSA) is 0 Å². The molecule has 0 spiro atoms. The van der Waals surface area contributed by atoms with Crippen molar-refractivity contribution in [2.75, 3.05) is 0 Å². The molecule has 3 rings (SSSR count).